The van der Waals surface area contributed by atoms with Crippen LogP contribution in [0.25, 0.3) is 0 Å². The Labute approximate surface area is 137 Å². The van der Waals surface area contributed by atoms with E-state index in [0.29, 0.717) is 29.9 Å². The van der Waals surface area contributed by atoms with E-state index < -0.39 is 11.9 Å². The Balaban J connectivity index is 1.87. The number of fused-ring (bicyclic) bond motifs is 1. The van der Waals surface area contributed by atoms with Gasteiger partial charge in [-0.05, 0) is 44.0 Å². The number of hydrogen-bond acceptors (Lipinski definition) is 5. The van der Waals surface area contributed by atoms with Crippen molar-refractivity contribution in [3.63, 3.8) is 0 Å². The van der Waals surface area contributed by atoms with Gasteiger partial charge in [0.15, 0.2) is 0 Å². The van der Waals surface area contributed by atoms with Crippen molar-refractivity contribution < 1.29 is 24.2 Å². The van der Waals surface area contributed by atoms with Crippen molar-refractivity contribution in [2.75, 3.05) is 5.43 Å². The van der Waals surface area contributed by atoms with Crippen LogP contribution in [-0.4, -0.2) is 27.9 Å². The quantitative estimate of drug-likeness (QED) is 0.743. The summed E-state index contributed by atoms with van der Waals surface area (Å²) < 4.78 is 5.45. The molecule has 0 saturated carbocycles. The Morgan fingerprint density at radius 2 is 1.83 bits per heavy atom. The molecule has 0 unspecified atom stereocenters. The van der Waals surface area contributed by atoms with Gasteiger partial charge in [0.25, 0.3) is 0 Å². The van der Waals surface area contributed by atoms with Crippen molar-refractivity contribution in [1.82, 2.24) is 0 Å². The van der Waals surface area contributed by atoms with Crippen molar-refractivity contribution in [3.05, 3.63) is 52.5 Å². The molecule has 1 aliphatic rings. The van der Waals surface area contributed by atoms with Gasteiger partial charge in [-0.15, -0.1) is 0 Å². The fourth-order valence-corrected chi connectivity index (χ4v) is 2.80. The second-order valence-corrected chi connectivity index (χ2v) is 5.57. The number of carboxylic acid groups (broad SMARTS) is 2. The summed E-state index contributed by atoms with van der Waals surface area (Å²) in [5, 5.41) is 22.4. The Kier molecular flexibility index (Phi) is 4.07. The third kappa shape index (κ3) is 2.88. The number of hydrogen-bond donors (Lipinski definition) is 3. The van der Waals surface area contributed by atoms with Crippen LogP contribution in [0.4, 0.5) is 5.69 Å². The molecule has 124 valence electrons. The molecule has 7 heteroatoms. The number of aryl methyl sites for hydroxylation is 1. The van der Waals surface area contributed by atoms with Gasteiger partial charge in [-0.3, -0.25) is 5.43 Å². The summed E-state index contributed by atoms with van der Waals surface area (Å²) >= 11 is 0. The van der Waals surface area contributed by atoms with E-state index in [2.05, 4.69) is 10.5 Å². The fourth-order valence-electron chi connectivity index (χ4n) is 2.80. The molecule has 1 aromatic carbocycles. The van der Waals surface area contributed by atoms with E-state index in [1.165, 1.54) is 12.1 Å². The first-order valence-corrected chi connectivity index (χ1v) is 7.49. The zero-order chi connectivity index (χ0) is 17.3. The molecule has 24 heavy (non-hydrogen) atoms. The van der Waals surface area contributed by atoms with Crippen LogP contribution in [0.15, 0.2) is 33.8 Å². The van der Waals surface area contributed by atoms with E-state index in [9.17, 15) is 14.7 Å². The maximum Gasteiger partial charge on any atom is 0.372 e. The lowest BCUT2D eigenvalue weighted by atomic mass is 9.93. The van der Waals surface area contributed by atoms with Crippen molar-refractivity contribution in [1.29, 1.82) is 0 Å². The summed E-state index contributed by atoms with van der Waals surface area (Å²) in [6.45, 7) is 1.72. The van der Waals surface area contributed by atoms with E-state index in [1.54, 1.807) is 19.1 Å². The topological polar surface area (TPSA) is 112 Å². The van der Waals surface area contributed by atoms with Gasteiger partial charge in [0.05, 0.1) is 17.0 Å². The highest BCUT2D eigenvalue weighted by Gasteiger charge is 2.27. The summed E-state index contributed by atoms with van der Waals surface area (Å²) in [4.78, 5) is 22.1. The maximum absolute atomic E-state index is 11.2. The Hall–Kier alpha value is -3.09. The van der Waals surface area contributed by atoms with E-state index in [4.69, 9.17) is 9.52 Å². The minimum Gasteiger partial charge on any atom is -0.478 e. The standard InChI is InChI=1S/C17H16N2O5/c1-9-14-12(3-2-4-13(14)24-15(9)17(22)23)19-18-11-7-5-10(6-8-11)16(20)21/h5-8,18H,2-4H2,1H3,(H,20,21)(H,22,23)/b19-12+. The molecule has 1 heterocycles. The highest BCUT2D eigenvalue weighted by molar-refractivity contribution is 6.05. The van der Waals surface area contributed by atoms with Gasteiger partial charge < -0.3 is 14.6 Å². The monoisotopic (exact) mass is 328 g/mol. The number of furan rings is 1. The van der Waals surface area contributed by atoms with Crippen molar-refractivity contribution >= 4 is 23.3 Å². The average molecular weight is 328 g/mol. The first kappa shape index (κ1) is 15.8. The van der Waals surface area contributed by atoms with Crippen molar-refractivity contribution in [2.45, 2.75) is 26.2 Å². The van der Waals surface area contributed by atoms with Crippen LogP contribution in [-0.2, 0) is 6.42 Å². The van der Waals surface area contributed by atoms with Gasteiger partial charge in [0.2, 0.25) is 5.76 Å². The van der Waals surface area contributed by atoms with Crippen molar-refractivity contribution in [2.24, 2.45) is 5.10 Å². The van der Waals surface area contributed by atoms with Gasteiger partial charge in [0.1, 0.15) is 5.76 Å². The molecule has 0 saturated heterocycles. The third-order valence-corrected chi connectivity index (χ3v) is 3.97. The molecule has 0 bridgehead atoms. The van der Waals surface area contributed by atoms with Gasteiger partial charge in [-0.2, -0.15) is 5.10 Å². The van der Waals surface area contributed by atoms with Crippen LogP contribution < -0.4 is 5.43 Å². The number of rotatable bonds is 4. The van der Waals surface area contributed by atoms with Gasteiger partial charge in [-0.25, -0.2) is 9.59 Å². The Morgan fingerprint density at radius 1 is 1.12 bits per heavy atom. The molecule has 1 aliphatic carbocycles. The van der Waals surface area contributed by atoms with Crippen LogP contribution in [0.1, 0.15) is 50.6 Å². The van der Waals surface area contributed by atoms with Crippen LogP contribution >= 0.6 is 0 Å². The first-order valence-electron chi connectivity index (χ1n) is 7.49. The lowest BCUT2D eigenvalue weighted by molar-refractivity contribution is 0.0656. The highest BCUT2D eigenvalue weighted by Crippen LogP contribution is 2.30. The molecule has 0 fully saturated rings. The van der Waals surface area contributed by atoms with Gasteiger partial charge in [0, 0.05) is 17.5 Å². The predicted molar refractivity (Wildman–Crippen MR) is 86.9 cm³/mol. The van der Waals surface area contributed by atoms with Gasteiger partial charge >= 0.3 is 11.9 Å². The Morgan fingerprint density at radius 3 is 2.46 bits per heavy atom. The maximum atomic E-state index is 11.2. The number of carboxylic acids is 2. The van der Waals surface area contributed by atoms with E-state index in [-0.39, 0.29) is 11.3 Å². The predicted octanol–water partition coefficient (Wildman–Crippen LogP) is 3.14. The van der Waals surface area contributed by atoms with E-state index in [1.807, 2.05) is 0 Å². The second kappa shape index (κ2) is 6.19. The number of aromatic carboxylic acids is 2. The van der Waals surface area contributed by atoms with Crippen molar-refractivity contribution in [3.8, 4) is 0 Å². The van der Waals surface area contributed by atoms with Crippen LogP contribution in [0.2, 0.25) is 0 Å². The SMILES string of the molecule is Cc1c(C(=O)O)oc2c1/C(=N/Nc1ccc(C(=O)O)cc1)CCC2. The molecule has 1 aromatic heterocycles. The third-order valence-electron chi connectivity index (χ3n) is 3.97. The number of nitrogens with one attached hydrogen (secondary N) is 1. The Bertz CT molecular complexity index is 833. The largest absolute Gasteiger partial charge is 0.478 e. The number of nitrogens with zero attached hydrogens (tertiary/aromatic N) is 1. The van der Waals surface area contributed by atoms with E-state index in [0.717, 1.165) is 17.7 Å². The minimum absolute atomic E-state index is 0.0413. The number of anilines is 1. The number of benzene rings is 1. The summed E-state index contributed by atoms with van der Waals surface area (Å²) in [5.41, 5.74) is 5.83. The smallest absolute Gasteiger partial charge is 0.372 e. The number of carbonyl (C=O) groups is 2. The molecule has 3 N–H and O–H groups in total. The minimum atomic E-state index is -1.08. The highest BCUT2D eigenvalue weighted by atomic mass is 16.4. The number of hydrazone groups is 1. The molecule has 0 amide bonds. The summed E-state index contributed by atoms with van der Waals surface area (Å²) in [6.07, 6.45) is 2.24. The molecule has 0 radical (unpaired) electrons. The molecule has 7 nitrogen and oxygen atoms in total. The summed E-state index contributed by atoms with van der Waals surface area (Å²) in [7, 11) is 0. The lowest BCUT2D eigenvalue weighted by Crippen LogP contribution is -2.13. The average Bonchev–Trinajstić information content (AvgIpc) is 2.91. The first-order chi connectivity index (χ1) is 11.5. The molecule has 0 aliphatic heterocycles. The van der Waals surface area contributed by atoms with Gasteiger partial charge in [-0.1, -0.05) is 0 Å². The van der Waals surface area contributed by atoms with E-state index >= 15 is 0 Å². The second-order valence-electron chi connectivity index (χ2n) is 5.57. The molecular weight excluding hydrogens is 312 g/mol. The molecule has 0 atom stereocenters. The summed E-state index contributed by atoms with van der Waals surface area (Å²) in [5.74, 6) is -1.46. The summed E-state index contributed by atoms with van der Waals surface area (Å²) in [6, 6.07) is 6.23. The van der Waals surface area contributed by atoms with Crippen LogP contribution in [0, 0.1) is 6.92 Å². The molecule has 2 aromatic rings. The zero-order valence-electron chi connectivity index (χ0n) is 13.0. The zero-order valence-corrected chi connectivity index (χ0v) is 13.0. The lowest BCUT2D eigenvalue weighted by Gasteiger charge is -2.13. The molecule has 3 rings (SSSR count). The van der Waals surface area contributed by atoms with Crippen LogP contribution in [0.5, 0.6) is 0 Å². The normalized spacial score (nSPS) is 15.1. The van der Waals surface area contributed by atoms with Crippen LogP contribution in [0.3, 0.4) is 0 Å². The molecular formula is C17H16N2O5. The fraction of sp³-hybridized carbons (Fsp3) is 0.235. The molecule has 0 spiro atoms.